The summed E-state index contributed by atoms with van der Waals surface area (Å²) in [5.41, 5.74) is 5.36. The monoisotopic (exact) mass is 212 g/mol. The predicted octanol–water partition coefficient (Wildman–Crippen LogP) is -0.293. The van der Waals surface area contributed by atoms with Crippen molar-refractivity contribution in [3.05, 3.63) is 0 Å². The Hall–Kier alpha value is -1.54. The molecule has 0 aliphatic rings. The molecule has 0 fully saturated rings. The minimum atomic E-state index is -1.11. The maximum Gasteiger partial charge on any atom is 0.305 e. The van der Waals surface area contributed by atoms with Gasteiger partial charge in [-0.3, -0.25) is 9.59 Å². The molecule has 0 saturated carbocycles. The molecule has 0 aromatic carbocycles. The molecule has 2 atom stereocenters. The van der Waals surface area contributed by atoms with Gasteiger partial charge in [0.1, 0.15) is 0 Å². The lowest BCUT2D eigenvalue weighted by molar-refractivity contribution is -0.139. The van der Waals surface area contributed by atoms with Gasteiger partial charge >= 0.3 is 5.97 Å². The van der Waals surface area contributed by atoms with Crippen LogP contribution in [-0.4, -0.2) is 29.1 Å². The third-order valence-corrected chi connectivity index (χ3v) is 1.83. The Morgan fingerprint density at radius 3 is 2.60 bits per heavy atom. The molecule has 5 nitrogen and oxygen atoms in total. The molecule has 5 heteroatoms. The van der Waals surface area contributed by atoms with E-state index in [0.717, 1.165) is 6.42 Å². The summed E-state index contributed by atoms with van der Waals surface area (Å²) < 4.78 is 0. The molecule has 0 saturated heterocycles. The summed E-state index contributed by atoms with van der Waals surface area (Å²) >= 11 is 0. The van der Waals surface area contributed by atoms with Crippen LogP contribution in [0.3, 0.4) is 0 Å². The number of nitrogens with one attached hydrogen (secondary N) is 1. The molecular formula is C10H16N2O3. The van der Waals surface area contributed by atoms with Crippen molar-refractivity contribution >= 4 is 11.9 Å². The van der Waals surface area contributed by atoms with Crippen LogP contribution in [0.5, 0.6) is 0 Å². The summed E-state index contributed by atoms with van der Waals surface area (Å²) in [7, 11) is 0. The van der Waals surface area contributed by atoms with Crippen molar-refractivity contribution in [2.45, 2.75) is 38.3 Å². The van der Waals surface area contributed by atoms with Gasteiger partial charge in [0.2, 0.25) is 5.91 Å². The van der Waals surface area contributed by atoms with Crippen molar-refractivity contribution in [1.29, 1.82) is 0 Å². The zero-order valence-corrected chi connectivity index (χ0v) is 8.69. The predicted molar refractivity (Wildman–Crippen MR) is 55.9 cm³/mol. The minimum Gasteiger partial charge on any atom is -0.481 e. The lowest BCUT2D eigenvalue weighted by Gasteiger charge is -2.15. The van der Waals surface area contributed by atoms with Crippen molar-refractivity contribution in [3.8, 4) is 12.3 Å². The number of aliphatic carboxylic acids is 1. The lowest BCUT2D eigenvalue weighted by Crippen LogP contribution is -2.45. The Bertz CT molecular complexity index is 270. The van der Waals surface area contributed by atoms with Crippen molar-refractivity contribution < 1.29 is 14.7 Å². The van der Waals surface area contributed by atoms with Crippen molar-refractivity contribution in [2.24, 2.45) is 5.73 Å². The fourth-order valence-electron chi connectivity index (χ4n) is 1.05. The second kappa shape index (κ2) is 6.85. The average molecular weight is 212 g/mol. The number of hydrogen-bond donors (Lipinski definition) is 3. The largest absolute Gasteiger partial charge is 0.481 e. The van der Waals surface area contributed by atoms with Crippen LogP contribution in [0.25, 0.3) is 0 Å². The molecule has 84 valence electrons. The summed E-state index contributed by atoms with van der Waals surface area (Å²) in [6, 6.07) is -1.42. The van der Waals surface area contributed by atoms with E-state index < -0.39 is 24.3 Å². The van der Waals surface area contributed by atoms with Gasteiger partial charge in [-0.2, -0.15) is 0 Å². The SMILES string of the molecule is C#CC(CCC)NC(=O)C(N)CC(=O)O. The molecule has 15 heavy (non-hydrogen) atoms. The molecule has 0 aliphatic heterocycles. The van der Waals surface area contributed by atoms with Crippen molar-refractivity contribution in [3.63, 3.8) is 0 Å². The quantitative estimate of drug-likeness (QED) is 0.527. The third-order valence-electron chi connectivity index (χ3n) is 1.83. The second-order valence-corrected chi connectivity index (χ2v) is 3.22. The van der Waals surface area contributed by atoms with E-state index >= 15 is 0 Å². The van der Waals surface area contributed by atoms with Gasteiger partial charge in [-0.25, -0.2) is 0 Å². The molecular weight excluding hydrogens is 196 g/mol. The molecule has 0 rings (SSSR count). The van der Waals surface area contributed by atoms with Crippen LogP contribution >= 0.6 is 0 Å². The Morgan fingerprint density at radius 1 is 1.60 bits per heavy atom. The maximum atomic E-state index is 11.3. The zero-order chi connectivity index (χ0) is 11.8. The van der Waals surface area contributed by atoms with E-state index in [1.807, 2.05) is 6.92 Å². The highest BCUT2D eigenvalue weighted by atomic mass is 16.4. The maximum absolute atomic E-state index is 11.3. The van der Waals surface area contributed by atoms with E-state index in [2.05, 4.69) is 11.2 Å². The first-order valence-corrected chi connectivity index (χ1v) is 4.75. The van der Waals surface area contributed by atoms with Crippen LogP contribution in [0.1, 0.15) is 26.2 Å². The van der Waals surface area contributed by atoms with Gasteiger partial charge in [0.05, 0.1) is 18.5 Å². The van der Waals surface area contributed by atoms with Gasteiger partial charge in [-0.15, -0.1) is 6.42 Å². The third kappa shape index (κ3) is 5.70. The first-order valence-electron chi connectivity index (χ1n) is 4.75. The Morgan fingerprint density at radius 2 is 2.20 bits per heavy atom. The molecule has 0 bridgehead atoms. The molecule has 0 radical (unpaired) electrons. The number of hydrogen-bond acceptors (Lipinski definition) is 3. The number of carbonyl (C=O) groups excluding carboxylic acids is 1. The van der Waals surface area contributed by atoms with Gasteiger partial charge < -0.3 is 16.2 Å². The number of carbonyl (C=O) groups is 2. The van der Waals surface area contributed by atoms with Gasteiger partial charge in [0, 0.05) is 0 Å². The van der Waals surface area contributed by atoms with E-state index in [1.54, 1.807) is 0 Å². The molecule has 4 N–H and O–H groups in total. The molecule has 0 aromatic heterocycles. The van der Waals surface area contributed by atoms with Crippen LogP contribution in [0, 0.1) is 12.3 Å². The zero-order valence-electron chi connectivity index (χ0n) is 8.69. The minimum absolute atomic E-state index is 0.373. The summed E-state index contributed by atoms with van der Waals surface area (Å²) in [6.45, 7) is 1.94. The van der Waals surface area contributed by atoms with Gasteiger partial charge in [0.15, 0.2) is 0 Å². The van der Waals surface area contributed by atoms with E-state index in [0.29, 0.717) is 6.42 Å². The normalized spacial score (nSPS) is 13.7. The van der Waals surface area contributed by atoms with Crippen LogP contribution in [0.4, 0.5) is 0 Å². The van der Waals surface area contributed by atoms with E-state index in [4.69, 9.17) is 17.3 Å². The fraction of sp³-hybridized carbons (Fsp3) is 0.600. The number of carboxylic acid groups (broad SMARTS) is 1. The highest BCUT2D eigenvalue weighted by Crippen LogP contribution is 1.96. The molecule has 0 heterocycles. The van der Waals surface area contributed by atoms with Crippen molar-refractivity contribution in [2.75, 3.05) is 0 Å². The summed E-state index contributed by atoms with van der Waals surface area (Å²) in [6.07, 6.45) is 6.28. The van der Waals surface area contributed by atoms with Crippen LogP contribution in [0.15, 0.2) is 0 Å². The standard InChI is InChI=1S/C10H16N2O3/c1-3-5-7(4-2)12-10(15)8(11)6-9(13)14/h2,7-8H,3,5-6,11H2,1H3,(H,12,15)(H,13,14). The first kappa shape index (κ1) is 13.5. The van der Waals surface area contributed by atoms with E-state index in [-0.39, 0.29) is 6.04 Å². The van der Waals surface area contributed by atoms with Crippen molar-refractivity contribution in [1.82, 2.24) is 5.32 Å². The van der Waals surface area contributed by atoms with E-state index in [1.165, 1.54) is 0 Å². The molecule has 0 aliphatic carbocycles. The fourth-order valence-corrected chi connectivity index (χ4v) is 1.05. The van der Waals surface area contributed by atoms with E-state index in [9.17, 15) is 9.59 Å². The molecule has 1 amide bonds. The lowest BCUT2D eigenvalue weighted by atomic mass is 10.1. The summed E-state index contributed by atoms with van der Waals surface area (Å²) in [5.74, 6) is 0.781. The highest BCUT2D eigenvalue weighted by molar-refractivity contribution is 5.86. The van der Waals surface area contributed by atoms with Gasteiger partial charge in [-0.1, -0.05) is 19.3 Å². The topological polar surface area (TPSA) is 92.4 Å². The Kier molecular flexibility index (Phi) is 6.14. The first-order chi connectivity index (χ1) is 7.01. The smallest absolute Gasteiger partial charge is 0.305 e. The number of amides is 1. The van der Waals surface area contributed by atoms with Crippen LogP contribution < -0.4 is 11.1 Å². The number of terminal acetylenes is 1. The molecule has 2 unspecified atom stereocenters. The summed E-state index contributed by atoms with van der Waals surface area (Å²) in [4.78, 5) is 21.6. The summed E-state index contributed by atoms with van der Waals surface area (Å²) in [5, 5.41) is 10.9. The number of nitrogens with two attached hydrogens (primary N) is 1. The highest BCUT2D eigenvalue weighted by Gasteiger charge is 2.18. The Balaban J connectivity index is 4.11. The van der Waals surface area contributed by atoms with Crippen LogP contribution in [-0.2, 0) is 9.59 Å². The van der Waals surface area contributed by atoms with Crippen LogP contribution in [0.2, 0.25) is 0 Å². The second-order valence-electron chi connectivity index (χ2n) is 3.22. The number of rotatable bonds is 6. The average Bonchev–Trinajstić information content (AvgIpc) is 2.15. The van der Waals surface area contributed by atoms with Gasteiger partial charge in [0.25, 0.3) is 0 Å². The molecule has 0 spiro atoms. The van der Waals surface area contributed by atoms with Gasteiger partial charge in [-0.05, 0) is 6.42 Å². The Labute approximate surface area is 89.0 Å². The number of carboxylic acids is 1. The molecule has 0 aromatic rings.